The quantitative estimate of drug-likeness (QED) is 0.543. The molecule has 0 amide bonds. The summed E-state index contributed by atoms with van der Waals surface area (Å²) in [5.41, 5.74) is 3.53. The van der Waals surface area contributed by atoms with Gasteiger partial charge in [-0.15, -0.1) is 5.10 Å². The molecule has 144 valence electrons. The SMILES string of the molecule is COC(=O)/C=C/c1cccc(-c2cnc3ccc(NC4CCOCC4)nn23)c1. The van der Waals surface area contributed by atoms with Gasteiger partial charge in [0.25, 0.3) is 0 Å². The summed E-state index contributed by atoms with van der Waals surface area (Å²) in [6, 6.07) is 12.1. The second kappa shape index (κ2) is 8.22. The molecular formula is C21H22N4O3. The Morgan fingerprint density at radius 1 is 1.29 bits per heavy atom. The lowest BCUT2D eigenvalue weighted by molar-refractivity contribution is -0.134. The summed E-state index contributed by atoms with van der Waals surface area (Å²) in [4.78, 5) is 15.8. The number of hydrogen-bond acceptors (Lipinski definition) is 6. The van der Waals surface area contributed by atoms with Crippen LogP contribution in [0.3, 0.4) is 0 Å². The molecule has 1 aromatic carbocycles. The third-order valence-electron chi connectivity index (χ3n) is 4.73. The zero-order chi connectivity index (χ0) is 19.3. The second-order valence-corrected chi connectivity index (χ2v) is 6.64. The molecule has 1 N–H and O–H groups in total. The van der Waals surface area contributed by atoms with Crippen LogP contribution in [0.1, 0.15) is 18.4 Å². The van der Waals surface area contributed by atoms with Gasteiger partial charge >= 0.3 is 5.97 Å². The number of fused-ring (bicyclic) bond motifs is 1. The van der Waals surface area contributed by atoms with Crippen LogP contribution in [0.5, 0.6) is 0 Å². The first kappa shape index (κ1) is 18.2. The van der Waals surface area contributed by atoms with Gasteiger partial charge < -0.3 is 14.8 Å². The van der Waals surface area contributed by atoms with Crippen molar-refractivity contribution < 1.29 is 14.3 Å². The average molecular weight is 378 g/mol. The zero-order valence-corrected chi connectivity index (χ0v) is 15.7. The maximum atomic E-state index is 11.3. The van der Waals surface area contributed by atoms with E-state index in [2.05, 4.69) is 15.0 Å². The summed E-state index contributed by atoms with van der Waals surface area (Å²) in [6.07, 6.45) is 6.89. The summed E-state index contributed by atoms with van der Waals surface area (Å²) in [6.45, 7) is 1.56. The van der Waals surface area contributed by atoms with Gasteiger partial charge in [0.1, 0.15) is 5.82 Å². The van der Waals surface area contributed by atoms with Crippen molar-refractivity contribution >= 4 is 23.5 Å². The lowest BCUT2D eigenvalue weighted by atomic mass is 10.1. The van der Waals surface area contributed by atoms with Crippen LogP contribution in [0.15, 0.2) is 48.7 Å². The maximum absolute atomic E-state index is 11.3. The largest absolute Gasteiger partial charge is 0.466 e. The molecule has 7 heteroatoms. The highest BCUT2D eigenvalue weighted by atomic mass is 16.5. The van der Waals surface area contributed by atoms with E-state index in [0.29, 0.717) is 6.04 Å². The van der Waals surface area contributed by atoms with Gasteiger partial charge in [0.15, 0.2) is 5.65 Å². The van der Waals surface area contributed by atoms with Crippen LogP contribution in [0.25, 0.3) is 23.0 Å². The monoisotopic (exact) mass is 378 g/mol. The fourth-order valence-corrected chi connectivity index (χ4v) is 3.23. The van der Waals surface area contributed by atoms with Crippen LogP contribution in [-0.2, 0) is 14.3 Å². The second-order valence-electron chi connectivity index (χ2n) is 6.64. The van der Waals surface area contributed by atoms with Crippen molar-refractivity contribution in [3.8, 4) is 11.3 Å². The average Bonchev–Trinajstić information content (AvgIpc) is 3.16. The van der Waals surface area contributed by atoms with Gasteiger partial charge in [-0.2, -0.15) is 0 Å². The summed E-state index contributed by atoms with van der Waals surface area (Å²) < 4.78 is 11.9. The first-order valence-corrected chi connectivity index (χ1v) is 9.28. The van der Waals surface area contributed by atoms with E-state index in [1.807, 2.05) is 47.1 Å². The molecule has 0 bridgehead atoms. The molecule has 0 unspecified atom stereocenters. The summed E-state index contributed by atoms with van der Waals surface area (Å²) in [7, 11) is 1.36. The number of esters is 1. The molecule has 1 fully saturated rings. The number of hydrogen-bond donors (Lipinski definition) is 1. The molecule has 3 aromatic rings. The number of carbonyl (C=O) groups excluding carboxylic acids is 1. The Labute approximate surface area is 163 Å². The van der Waals surface area contributed by atoms with Gasteiger partial charge in [0.2, 0.25) is 0 Å². The predicted molar refractivity (Wildman–Crippen MR) is 107 cm³/mol. The predicted octanol–water partition coefficient (Wildman–Crippen LogP) is 3.17. The minimum absolute atomic E-state index is 0.373. The fourth-order valence-electron chi connectivity index (χ4n) is 3.23. The van der Waals surface area contributed by atoms with Gasteiger partial charge in [-0.3, -0.25) is 0 Å². The van der Waals surface area contributed by atoms with E-state index in [0.717, 1.165) is 54.3 Å². The maximum Gasteiger partial charge on any atom is 0.330 e. The molecule has 0 atom stereocenters. The van der Waals surface area contributed by atoms with E-state index >= 15 is 0 Å². The number of carbonyl (C=O) groups is 1. The van der Waals surface area contributed by atoms with Gasteiger partial charge in [-0.25, -0.2) is 14.3 Å². The van der Waals surface area contributed by atoms with E-state index in [1.54, 1.807) is 6.08 Å². The standard InChI is InChI=1S/C21H22N4O3/c1-27-21(26)8-5-15-3-2-4-16(13-15)18-14-22-20-7-6-19(24-25(18)20)23-17-9-11-28-12-10-17/h2-8,13-14,17H,9-12H2,1H3,(H,23,24)/b8-5+. The lowest BCUT2D eigenvalue weighted by Gasteiger charge is -2.23. The minimum atomic E-state index is -0.384. The van der Waals surface area contributed by atoms with Crippen molar-refractivity contribution in [2.24, 2.45) is 0 Å². The molecule has 28 heavy (non-hydrogen) atoms. The first-order valence-electron chi connectivity index (χ1n) is 9.28. The fraction of sp³-hybridized carbons (Fsp3) is 0.286. The highest BCUT2D eigenvalue weighted by Gasteiger charge is 2.15. The van der Waals surface area contributed by atoms with Crippen molar-refractivity contribution in [1.82, 2.24) is 14.6 Å². The van der Waals surface area contributed by atoms with E-state index in [-0.39, 0.29) is 5.97 Å². The molecule has 0 aliphatic carbocycles. The Hall–Kier alpha value is -3.19. The van der Waals surface area contributed by atoms with Crippen molar-refractivity contribution in [3.05, 3.63) is 54.2 Å². The molecule has 4 rings (SSSR count). The molecule has 0 radical (unpaired) electrons. The number of ether oxygens (including phenoxy) is 2. The Bertz CT molecular complexity index is 1010. The third kappa shape index (κ3) is 4.04. The zero-order valence-electron chi connectivity index (χ0n) is 15.7. The van der Waals surface area contributed by atoms with Crippen LogP contribution in [0.4, 0.5) is 5.82 Å². The molecule has 1 saturated heterocycles. The highest BCUT2D eigenvalue weighted by molar-refractivity contribution is 5.87. The molecule has 1 aliphatic rings. The van der Waals surface area contributed by atoms with Gasteiger partial charge in [-0.1, -0.05) is 18.2 Å². The summed E-state index contributed by atoms with van der Waals surface area (Å²) in [5.74, 6) is 0.436. The number of benzene rings is 1. The van der Waals surface area contributed by atoms with Crippen LogP contribution >= 0.6 is 0 Å². The number of methoxy groups -OCH3 is 1. The van der Waals surface area contributed by atoms with E-state index in [1.165, 1.54) is 13.2 Å². The normalized spacial score (nSPS) is 15.2. The van der Waals surface area contributed by atoms with Crippen LogP contribution < -0.4 is 5.32 Å². The number of imidazole rings is 1. The van der Waals surface area contributed by atoms with Crippen molar-refractivity contribution in [2.45, 2.75) is 18.9 Å². The molecule has 2 aromatic heterocycles. The molecule has 0 saturated carbocycles. The van der Waals surface area contributed by atoms with Crippen molar-refractivity contribution in [1.29, 1.82) is 0 Å². The smallest absolute Gasteiger partial charge is 0.330 e. The molecule has 1 aliphatic heterocycles. The molecule has 7 nitrogen and oxygen atoms in total. The third-order valence-corrected chi connectivity index (χ3v) is 4.73. The van der Waals surface area contributed by atoms with Crippen LogP contribution in [0, 0.1) is 0 Å². The number of nitrogens with one attached hydrogen (secondary N) is 1. The Kier molecular flexibility index (Phi) is 5.34. The number of aromatic nitrogens is 3. The number of nitrogens with zero attached hydrogens (tertiary/aromatic N) is 3. The minimum Gasteiger partial charge on any atom is -0.466 e. The molecular weight excluding hydrogens is 356 g/mol. The molecule has 3 heterocycles. The van der Waals surface area contributed by atoms with E-state index in [4.69, 9.17) is 9.84 Å². The van der Waals surface area contributed by atoms with Gasteiger partial charge in [0, 0.05) is 30.9 Å². The van der Waals surface area contributed by atoms with E-state index < -0.39 is 0 Å². The number of anilines is 1. The highest BCUT2D eigenvalue weighted by Crippen LogP contribution is 2.23. The Morgan fingerprint density at radius 2 is 2.14 bits per heavy atom. The van der Waals surface area contributed by atoms with Gasteiger partial charge in [-0.05, 0) is 42.7 Å². The van der Waals surface area contributed by atoms with Crippen molar-refractivity contribution in [2.75, 3.05) is 25.6 Å². The number of rotatable bonds is 5. The molecule has 0 spiro atoms. The Morgan fingerprint density at radius 3 is 2.96 bits per heavy atom. The van der Waals surface area contributed by atoms with Crippen LogP contribution in [0.2, 0.25) is 0 Å². The summed E-state index contributed by atoms with van der Waals surface area (Å²) >= 11 is 0. The van der Waals surface area contributed by atoms with E-state index in [9.17, 15) is 4.79 Å². The Balaban J connectivity index is 1.62. The van der Waals surface area contributed by atoms with Crippen molar-refractivity contribution in [3.63, 3.8) is 0 Å². The lowest BCUT2D eigenvalue weighted by Crippen LogP contribution is -2.28. The first-order chi connectivity index (χ1) is 13.7. The van der Waals surface area contributed by atoms with Crippen LogP contribution in [-0.4, -0.2) is 46.9 Å². The topological polar surface area (TPSA) is 77.8 Å². The van der Waals surface area contributed by atoms with Gasteiger partial charge in [0.05, 0.1) is 19.0 Å². The summed E-state index contributed by atoms with van der Waals surface area (Å²) in [5, 5.41) is 8.22.